The van der Waals surface area contributed by atoms with Gasteiger partial charge in [-0.3, -0.25) is 4.79 Å². The van der Waals surface area contributed by atoms with Gasteiger partial charge in [-0.2, -0.15) is 0 Å². The molecule has 0 radical (unpaired) electrons. The molecule has 1 aliphatic rings. The van der Waals surface area contributed by atoms with Crippen LogP contribution in [0.2, 0.25) is 10.0 Å². The van der Waals surface area contributed by atoms with Gasteiger partial charge >= 0.3 is 0 Å². The number of halogens is 2. The van der Waals surface area contributed by atoms with Gasteiger partial charge in [0.05, 0.1) is 10.0 Å². The Kier molecular flexibility index (Phi) is 4.71. The van der Waals surface area contributed by atoms with Gasteiger partial charge in [0.25, 0.3) is 5.91 Å². The quantitative estimate of drug-likeness (QED) is 0.932. The molecule has 1 fully saturated rings. The fraction of sp³-hybridized carbons (Fsp3) is 0.500. The van der Waals surface area contributed by atoms with E-state index >= 15 is 0 Å². The third-order valence-electron chi connectivity index (χ3n) is 3.91. The average molecular weight is 301 g/mol. The van der Waals surface area contributed by atoms with E-state index in [0.717, 1.165) is 19.3 Å². The summed E-state index contributed by atoms with van der Waals surface area (Å²) in [5, 5.41) is 0.865. The number of nitrogens with zero attached hydrogens (tertiary/aromatic N) is 1. The number of hydrogen-bond donors (Lipinski definition) is 1. The lowest BCUT2D eigenvalue weighted by Gasteiger charge is -2.29. The lowest BCUT2D eigenvalue weighted by molar-refractivity contribution is 0.0700. The van der Waals surface area contributed by atoms with Gasteiger partial charge in [-0.25, -0.2) is 0 Å². The summed E-state index contributed by atoms with van der Waals surface area (Å²) in [6.45, 7) is 0.629. The zero-order valence-corrected chi connectivity index (χ0v) is 12.4. The summed E-state index contributed by atoms with van der Waals surface area (Å²) >= 11 is 11.8. The van der Waals surface area contributed by atoms with Crippen LogP contribution in [0.3, 0.4) is 0 Å². The molecule has 2 atom stereocenters. The minimum Gasteiger partial charge on any atom is -0.338 e. The van der Waals surface area contributed by atoms with Crippen molar-refractivity contribution in [1.82, 2.24) is 4.90 Å². The Morgan fingerprint density at radius 1 is 1.37 bits per heavy atom. The molecule has 1 aromatic rings. The molecule has 2 rings (SSSR count). The summed E-state index contributed by atoms with van der Waals surface area (Å²) in [7, 11) is 1.84. The third kappa shape index (κ3) is 3.04. The molecule has 1 aromatic carbocycles. The van der Waals surface area contributed by atoms with Crippen LogP contribution in [-0.4, -0.2) is 30.4 Å². The van der Waals surface area contributed by atoms with Crippen molar-refractivity contribution in [3.05, 3.63) is 33.8 Å². The second kappa shape index (κ2) is 6.12. The van der Waals surface area contributed by atoms with Gasteiger partial charge in [-0.15, -0.1) is 0 Å². The van der Waals surface area contributed by atoms with Crippen LogP contribution in [0.25, 0.3) is 0 Å². The highest BCUT2D eigenvalue weighted by Gasteiger charge is 2.32. The Hall–Kier alpha value is -0.770. The first-order valence-electron chi connectivity index (χ1n) is 6.47. The molecule has 0 bridgehead atoms. The summed E-state index contributed by atoms with van der Waals surface area (Å²) in [5.41, 5.74) is 6.34. The zero-order valence-electron chi connectivity index (χ0n) is 10.9. The minimum absolute atomic E-state index is 0.0242. The van der Waals surface area contributed by atoms with E-state index < -0.39 is 0 Å². The Morgan fingerprint density at radius 2 is 2.11 bits per heavy atom. The maximum absolute atomic E-state index is 12.4. The Labute approximate surface area is 123 Å². The number of carbonyl (C=O) groups is 1. The fourth-order valence-electron chi connectivity index (χ4n) is 2.79. The zero-order chi connectivity index (χ0) is 14.0. The monoisotopic (exact) mass is 300 g/mol. The number of carbonyl (C=O) groups excluding carboxylic acids is 1. The van der Waals surface area contributed by atoms with Crippen molar-refractivity contribution in [1.29, 1.82) is 0 Å². The highest BCUT2D eigenvalue weighted by molar-refractivity contribution is 6.42. The number of amides is 1. The summed E-state index contributed by atoms with van der Waals surface area (Å²) in [6, 6.07) is 5.21. The normalized spacial score (nSPS) is 22.5. The summed E-state index contributed by atoms with van der Waals surface area (Å²) in [6.07, 6.45) is 3.25. The van der Waals surface area contributed by atoms with Gasteiger partial charge in [0, 0.05) is 18.7 Å². The molecule has 0 saturated heterocycles. The number of hydrogen-bond acceptors (Lipinski definition) is 2. The van der Waals surface area contributed by atoms with Gasteiger partial charge in [0.15, 0.2) is 0 Å². The summed E-state index contributed by atoms with van der Waals surface area (Å²) in [4.78, 5) is 14.2. The second-order valence-corrected chi connectivity index (χ2v) is 5.85. The molecule has 2 unspecified atom stereocenters. The molecule has 2 N–H and O–H groups in total. The van der Waals surface area contributed by atoms with Crippen LogP contribution in [0.4, 0.5) is 0 Å². The molecule has 104 valence electrons. The lowest BCUT2D eigenvalue weighted by Crippen LogP contribution is -2.41. The van der Waals surface area contributed by atoms with E-state index in [1.165, 1.54) is 0 Å². The Balaban J connectivity index is 2.16. The van der Waals surface area contributed by atoms with Crippen LogP contribution >= 0.6 is 23.2 Å². The highest BCUT2D eigenvalue weighted by atomic mass is 35.5. The van der Waals surface area contributed by atoms with E-state index in [1.54, 1.807) is 23.1 Å². The van der Waals surface area contributed by atoms with E-state index in [1.807, 2.05) is 7.05 Å². The SMILES string of the molecule is CN(C(=O)c1ccc(Cl)c(Cl)c1)C1CCCC1CN. The number of rotatable bonds is 3. The topological polar surface area (TPSA) is 46.3 Å². The molecular formula is C14H18Cl2N2O. The van der Waals surface area contributed by atoms with Crippen molar-refractivity contribution < 1.29 is 4.79 Å². The molecule has 0 aliphatic heterocycles. The van der Waals surface area contributed by atoms with Crippen LogP contribution in [0.15, 0.2) is 18.2 Å². The Bertz CT molecular complexity index is 479. The van der Waals surface area contributed by atoms with Gasteiger partial charge in [0.1, 0.15) is 0 Å². The van der Waals surface area contributed by atoms with E-state index in [-0.39, 0.29) is 11.9 Å². The van der Waals surface area contributed by atoms with Crippen molar-refractivity contribution in [3.63, 3.8) is 0 Å². The first-order valence-corrected chi connectivity index (χ1v) is 7.22. The molecule has 1 saturated carbocycles. The van der Waals surface area contributed by atoms with Gasteiger partial charge in [-0.05, 0) is 43.5 Å². The minimum atomic E-state index is -0.0242. The predicted molar refractivity (Wildman–Crippen MR) is 78.7 cm³/mol. The maximum atomic E-state index is 12.4. The molecule has 0 spiro atoms. The van der Waals surface area contributed by atoms with E-state index in [4.69, 9.17) is 28.9 Å². The largest absolute Gasteiger partial charge is 0.338 e. The van der Waals surface area contributed by atoms with E-state index in [9.17, 15) is 4.79 Å². The molecule has 1 amide bonds. The number of nitrogens with two attached hydrogens (primary N) is 1. The van der Waals surface area contributed by atoms with Crippen LogP contribution in [0, 0.1) is 5.92 Å². The molecule has 19 heavy (non-hydrogen) atoms. The van der Waals surface area contributed by atoms with E-state index in [0.29, 0.717) is 28.1 Å². The first kappa shape index (κ1) is 14.6. The van der Waals surface area contributed by atoms with Crippen LogP contribution in [0.5, 0.6) is 0 Å². The second-order valence-electron chi connectivity index (χ2n) is 5.04. The van der Waals surface area contributed by atoms with Crippen molar-refractivity contribution in [2.75, 3.05) is 13.6 Å². The maximum Gasteiger partial charge on any atom is 0.253 e. The molecular weight excluding hydrogens is 283 g/mol. The Morgan fingerprint density at radius 3 is 2.74 bits per heavy atom. The van der Waals surface area contributed by atoms with Crippen molar-refractivity contribution in [2.45, 2.75) is 25.3 Å². The van der Waals surface area contributed by atoms with Crippen LogP contribution in [0.1, 0.15) is 29.6 Å². The molecule has 1 aliphatic carbocycles. The van der Waals surface area contributed by atoms with Crippen LogP contribution in [-0.2, 0) is 0 Å². The van der Waals surface area contributed by atoms with Crippen molar-refractivity contribution in [3.8, 4) is 0 Å². The lowest BCUT2D eigenvalue weighted by atomic mass is 10.0. The van der Waals surface area contributed by atoms with Crippen molar-refractivity contribution in [2.24, 2.45) is 11.7 Å². The fourth-order valence-corrected chi connectivity index (χ4v) is 3.08. The molecule has 5 heteroatoms. The van der Waals surface area contributed by atoms with Gasteiger partial charge in [0.2, 0.25) is 0 Å². The summed E-state index contributed by atoms with van der Waals surface area (Å²) < 4.78 is 0. The molecule has 0 aromatic heterocycles. The molecule has 0 heterocycles. The van der Waals surface area contributed by atoms with E-state index in [2.05, 4.69) is 0 Å². The number of benzene rings is 1. The first-order chi connectivity index (χ1) is 9.04. The molecule has 3 nitrogen and oxygen atoms in total. The smallest absolute Gasteiger partial charge is 0.253 e. The summed E-state index contributed by atoms with van der Waals surface area (Å²) in [5.74, 6) is 0.376. The standard InChI is InChI=1S/C14H18Cl2N2O/c1-18(13-4-2-3-10(13)8-17)14(19)9-5-6-11(15)12(16)7-9/h5-7,10,13H,2-4,8,17H2,1H3. The predicted octanol–water partition coefficient (Wildman–Crippen LogP) is 3.19. The van der Waals surface area contributed by atoms with Crippen LogP contribution < -0.4 is 5.73 Å². The third-order valence-corrected chi connectivity index (χ3v) is 4.65. The van der Waals surface area contributed by atoms with Crippen molar-refractivity contribution >= 4 is 29.1 Å². The van der Waals surface area contributed by atoms with Gasteiger partial charge in [-0.1, -0.05) is 29.6 Å². The highest BCUT2D eigenvalue weighted by Crippen LogP contribution is 2.30. The average Bonchev–Trinajstić information content (AvgIpc) is 2.88. The van der Waals surface area contributed by atoms with Gasteiger partial charge < -0.3 is 10.6 Å².